The average molecular weight is 275 g/mol. The minimum Gasteiger partial charge on any atom is -0.311 e. The molecule has 1 aromatic heterocycles. The van der Waals surface area contributed by atoms with E-state index in [2.05, 4.69) is 24.3 Å². The smallest absolute Gasteiger partial charge is 0.123 e. The largest absolute Gasteiger partial charge is 0.311 e. The summed E-state index contributed by atoms with van der Waals surface area (Å²) in [5.74, 6) is 0.425. The number of rotatable bonds is 6. The molecule has 0 amide bonds. The lowest BCUT2D eigenvalue weighted by atomic mass is 10.1. The number of nitrogens with zero attached hydrogens (tertiary/aromatic N) is 2. The Labute approximate surface area is 119 Å². The molecule has 0 saturated carbocycles. The third-order valence-corrected chi connectivity index (χ3v) is 3.29. The van der Waals surface area contributed by atoms with Crippen LogP contribution >= 0.6 is 0 Å². The van der Waals surface area contributed by atoms with E-state index in [9.17, 15) is 4.39 Å². The molecule has 0 aliphatic carbocycles. The Morgan fingerprint density at radius 3 is 2.85 bits per heavy atom. The van der Waals surface area contributed by atoms with Crippen molar-refractivity contribution in [3.8, 4) is 0 Å². The molecule has 0 aliphatic heterocycles. The molecule has 2 aromatic rings. The molecule has 1 heterocycles. The van der Waals surface area contributed by atoms with Crippen LogP contribution in [0.2, 0.25) is 0 Å². The van der Waals surface area contributed by atoms with Crippen LogP contribution in [0.25, 0.3) is 0 Å². The zero-order chi connectivity index (χ0) is 14.5. The maximum Gasteiger partial charge on any atom is 0.123 e. The number of hydrogen-bond acceptors (Lipinski definition) is 2. The Morgan fingerprint density at radius 1 is 1.30 bits per heavy atom. The number of aryl methyl sites for hydroxylation is 1. The fourth-order valence-electron chi connectivity index (χ4n) is 2.11. The summed E-state index contributed by atoms with van der Waals surface area (Å²) >= 11 is 0. The van der Waals surface area contributed by atoms with Gasteiger partial charge < -0.3 is 5.32 Å². The van der Waals surface area contributed by atoms with Gasteiger partial charge in [-0.2, -0.15) is 5.10 Å². The third-order valence-electron chi connectivity index (χ3n) is 3.29. The van der Waals surface area contributed by atoms with Gasteiger partial charge in [-0.05, 0) is 48.7 Å². The fraction of sp³-hybridized carbons (Fsp3) is 0.438. The first-order chi connectivity index (χ1) is 9.56. The van der Waals surface area contributed by atoms with Crippen molar-refractivity contribution in [1.82, 2.24) is 15.1 Å². The first-order valence-corrected chi connectivity index (χ1v) is 7.02. The summed E-state index contributed by atoms with van der Waals surface area (Å²) in [4.78, 5) is 0. The van der Waals surface area contributed by atoms with Crippen molar-refractivity contribution in [2.45, 2.75) is 33.9 Å². The number of halogens is 1. The Balaban J connectivity index is 2.06. The standard InChI is InChI=1S/C16H22FN3/c1-12(2)9-18-10-16-6-7-19-20(16)11-14-8-15(17)5-4-13(14)3/h4-8,12,18H,9-11H2,1-3H3. The van der Waals surface area contributed by atoms with Crippen molar-refractivity contribution in [2.24, 2.45) is 5.92 Å². The summed E-state index contributed by atoms with van der Waals surface area (Å²) in [6, 6.07) is 6.89. The summed E-state index contributed by atoms with van der Waals surface area (Å²) in [6.45, 7) is 8.72. The SMILES string of the molecule is Cc1ccc(F)cc1Cn1nccc1CNCC(C)C. The van der Waals surface area contributed by atoms with E-state index in [1.807, 2.05) is 23.7 Å². The van der Waals surface area contributed by atoms with Crippen LogP contribution < -0.4 is 5.32 Å². The van der Waals surface area contributed by atoms with Crippen molar-refractivity contribution in [2.75, 3.05) is 6.54 Å². The minimum atomic E-state index is -0.197. The monoisotopic (exact) mass is 275 g/mol. The van der Waals surface area contributed by atoms with Gasteiger partial charge in [0.05, 0.1) is 12.2 Å². The number of hydrogen-bond donors (Lipinski definition) is 1. The molecule has 0 fully saturated rings. The first kappa shape index (κ1) is 14.7. The van der Waals surface area contributed by atoms with E-state index in [-0.39, 0.29) is 5.82 Å². The second-order valence-electron chi connectivity index (χ2n) is 5.58. The van der Waals surface area contributed by atoms with E-state index < -0.39 is 0 Å². The predicted molar refractivity (Wildman–Crippen MR) is 79.0 cm³/mol. The van der Waals surface area contributed by atoms with Gasteiger partial charge in [0.1, 0.15) is 5.82 Å². The van der Waals surface area contributed by atoms with Gasteiger partial charge in [0.25, 0.3) is 0 Å². The van der Waals surface area contributed by atoms with Crippen LogP contribution in [0, 0.1) is 18.7 Å². The van der Waals surface area contributed by atoms with Gasteiger partial charge in [0.2, 0.25) is 0 Å². The summed E-state index contributed by atoms with van der Waals surface area (Å²) in [6.07, 6.45) is 1.79. The summed E-state index contributed by atoms with van der Waals surface area (Å²) in [5, 5.41) is 7.74. The molecule has 0 radical (unpaired) electrons. The molecule has 0 saturated heterocycles. The van der Waals surface area contributed by atoms with Crippen LogP contribution in [0.4, 0.5) is 4.39 Å². The topological polar surface area (TPSA) is 29.9 Å². The van der Waals surface area contributed by atoms with Crippen molar-refractivity contribution in [3.05, 3.63) is 53.1 Å². The van der Waals surface area contributed by atoms with E-state index in [0.29, 0.717) is 12.5 Å². The van der Waals surface area contributed by atoms with E-state index >= 15 is 0 Å². The average Bonchev–Trinajstić information content (AvgIpc) is 2.81. The highest BCUT2D eigenvalue weighted by atomic mass is 19.1. The Kier molecular flexibility index (Phi) is 4.90. The van der Waals surface area contributed by atoms with Crippen molar-refractivity contribution in [3.63, 3.8) is 0 Å². The van der Waals surface area contributed by atoms with Crippen LogP contribution in [0.5, 0.6) is 0 Å². The van der Waals surface area contributed by atoms with Crippen LogP contribution in [0.3, 0.4) is 0 Å². The lowest BCUT2D eigenvalue weighted by Gasteiger charge is -2.11. The second-order valence-corrected chi connectivity index (χ2v) is 5.58. The molecule has 3 nitrogen and oxygen atoms in total. The zero-order valence-corrected chi connectivity index (χ0v) is 12.4. The van der Waals surface area contributed by atoms with Crippen LogP contribution in [0.1, 0.15) is 30.7 Å². The predicted octanol–water partition coefficient (Wildman–Crippen LogP) is 3.12. The van der Waals surface area contributed by atoms with Gasteiger partial charge in [-0.3, -0.25) is 4.68 Å². The molecule has 1 N–H and O–H groups in total. The van der Waals surface area contributed by atoms with Gasteiger partial charge in [0.15, 0.2) is 0 Å². The summed E-state index contributed by atoms with van der Waals surface area (Å²) in [7, 11) is 0. The van der Waals surface area contributed by atoms with Gasteiger partial charge in [-0.1, -0.05) is 19.9 Å². The normalized spacial score (nSPS) is 11.2. The highest BCUT2D eigenvalue weighted by Gasteiger charge is 2.06. The Morgan fingerprint density at radius 2 is 2.10 bits per heavy atom. The molecular weight excluding hydrogens is 253 g/mol. The van der Waals surface area contributed by atoms with Crippen LogP contribution in [-0.4, -0.2) is 16.3 Å². The molecule has 0 atom stereocenters. The molecule has 0 aliphatic rings. The zero-order valence-electron chi connectivity index (χ0n) is 12.4. The summed E-state index contributed by atoms with van der Waals surface area (Å²) in [5.41, 5.74) is 3.18. The molecule has 2 rings (SSSR count). The lowest BCUT2D eigenvalue weighted by Crippen LogP contribution is -2.21. The van der Waals surface area contributed by atoms with Crippen molar-refractivity contribution < 1.29 is 4.39 Å². The molecule has 4 heteroatoms. The maximum absolute atomic E-state index is 13.3. The molecule has 1 aromatic carbocycles. The lowest BCUT2D eigenvalue weighted by molar-refractivity contribution is 0.528. The molecule has 0 spiro atoms. The quantitative estimate of drug-likeness (QED) is 0.878. The van der Waals surface area contributed by atoms with E-state index in [1.165, 1.54) is 6.07 Å². The second kappa shape index (κ2) is 6.66. The van der Waals surface area contributed by atoms with Gasteiger partial charge >= 0.3 is 0 Å². The highest BCUT2D eigenvalue weighted by Crippen LogP contribution is 2.13. The Hall–Kier alpha value is -1.68. The van der Waals surface area contributed by atoms with Gasteiger partial charge in [-0.25, -0.2) is 4.39 Å². The fourth-order valence-corrected chi connectivity index (χ4v) is 2.11. The van der Waals surface area contributed by atoms with E-state index in [0.717, 1.165) is 29.9 Å². The minimum absolute atomic E-state index is 0.197. The molecule has 0 bridgehead atoms. The molecule has 108 valence electrons. The summed E-state index contributed by atoms with van der Waals surface area (Å²) < 4.78 is 15.3. The van der Waals surface area contributed by atoms with Crippen molar-refractivity contribution >= 4 is 0 Å². The van der Waals surface area contributed by atoms with Crippen molar-refractivity contribution in [1.29, 1.82) is 0 Å². The third kappa shape index (κ3) is 3.90. The highest BCUT2D eigenvalue weighted by molar-refractivity contribution is 5.27. The first-order valence-electron chi connectivity index (χ1n) is 7.02. The number of benzene rings is 1. The van der Waals surface area contributed by atoms with Crippen LogP contribution in [0.15, 0.2) is 30.5 Å². The molecule has 0 unspecified atom stereocenters. The Bertz CT molecular complexity index is 561. The van der Waals surface area contributed by atoms with Crippen LogP contribution in [-0.2, 0) is 13.1 Å². The van der Waals surface area contributed by atoms with Gasteiger partial charge in [0, 0.05) is 12.7 Å². The maximum atomic E-state index is 13.3. The number of aromatic nitrogens is 2. The van der Waals surface area contributed by atoms with E-state index in [1.54, 1.807) is 12.3 Å². The number of nitrogens with one attached hydrogen (secondary N) is 1. The molecule has 20 heavy (non-hydrogen) atoms. The van der Waals surface area contributed by atoms with E-state index in [4.69, 9.17) is 0 Å². The van der Waals surface area contributed by atoms with Gasteiger partial charge in [-0.15, -0.1) is 0 Å². The molecular formula is C16H22FN3.